The Balaban J connectivity index is 1.48. The molecular formula is C22H29N4O3+. The average Bonchev–Trinajstić information content (AvgIpc) is 3.13. The van der Waals surface area contributed by atoms with E-state index in [2.05, 4.69) is 28.2 Å². The zero-order chi connectivity index (χ0) is 20.3. The van der Waals surface area contributed by atoms with Crippen molar-refractivity contribution in [3.63, 3.8) is 0 Å². The Morgan fingerprint density at radius 2 is 1.86 bits per heavy atom. The van der Waals surface area contributed by atoms with Crippen LogP contribution in [0.15, 0.2) is 28.7 Å². The Morgan fingerprint density at radius 1 is 1.03 bits per heavy atom. The van der Waals surface area contributed by atoms with Crippen LogP contribution in [0, 0.1) is 13.8 Å². The van der Waals surface area contributed by atoms with Crippen LogP contribution in [-0.2, 0) is 0 Å². The Kier molecular flexibility index (Phi) is 5.67. The first-order valence-corrected chi connectivity index (χ1v) is 10.4. The number of fused-ring (bicyclic) bond motifs is 1. The molecule has 1 aliphatic rings. The monoisotopic (exact) mass is 397 g/mol. The standard InChI is InChI=1S/C22H29N4O3/c1-4-27-22-23-19-9-8-18(15-20(19)29-22)28-13-12-26(10-6-5-7-11-26)21-14-16(2)17(3)24-25-21/h8-9,14-15H,4-7,10-13H2,1-3H3/q+1. The van der Waals surface area contributed by atoms with Crippen LogP contribution in [0.3, 0.4) is 0 Å². The van der Waals surface area contributed by atoms with Gasteiger partial charge in [0, 0.05) is 12.1 Å². The summed E-state index contributed by atoms with van der Waals surface area (Å²) >= 11 is 0. The maximum atomic E-state index is 6.09. The van der Waals surface area contributed by atoms with E-state index in [9.17, 15) is 0 Å². The summed E-state index contributed by atoms with van der Waals surface area (Å²) < 4.78 is 17.9. The first-order valence-electron chi connectivity index (χ1n) is 10.4. The lowest BCUT2D eigenvalue weighted by Gasteiger charge is -2.39. The van der Waals surface area contributed by atoms with Gasteiger partial charge >= 0.3 is 6.08 Å². The van der Waals surface area contributed by atoms with E-state index in [0.717, 1.165) is 46.9 Å². The number of ether oxygens (including phenoxy) is 2. The van der Waals surface area contributed by atoms with Crippen LogP contribution in [0.2, 0.25) is 0 Å². The summed E-state index contributed by atoms with van der Waals surface area (Å²) in [6, 6.07) is 7.90. The molecule has 0 saturated carbocycles. The van der Waals surface area contributed by atoms with E-state index in [4.69, 9.17) is 13.9 Å². The fraction of sp³-hybridized carbons (Fsp3) is 0.500. The zero-order valence-corrected chi connectivity index (χ0v) is 17.5. The Bertz CT molecular complexity index is 979. The third-order valence-corrected chi connectivity index (χ3v) is 5.77. The molecule has 2 aromatic heterocycles. The van der Waals surface area contributed by atoms with Gasteiger partial charge in [-0.05, 0) is 57.7 Å². The minimum atomic E-state index is 0.297. The van der Waals surface area contributed by atoms with Gasteiger partial charge in [0.1, 0.15) is 24.4 Å². The van der Waals surface area contributed by atoms with Gasteiger partial charge < -0.3 is 13.9 Å². The smallest absolute Gasteiger partial charge is 0.394 e. The van der Waals surface area contributed by atoms with Crippen LogP contribution in [0.5, 0.6) is 11.8 Å². The van der Waals surface area contributed by atoms with Crippen molar-refractivity contribution < 1.29 is 13.9 Å². The first kappa shape index (κ1) is 19.6. The van der Waals surface area contributed by atoms with Crippen molar-refractivity contribution >= 4 is 16.9 Å². The molecular weight excluding hydrogens is 368 g/mol. The summed E-state index contributed by atoms with van der Waals surface area (Å²) in [5, 5.41) is 8.93. The summed E-state index contributed by atoms with van der Waals surface area (Å²) in [5.74, 6) is 1.83. The van der Waals surface area contributed by atoms with E-state index < -0.39 is 0 Å². The molecule has 7 heteroatoms. The molecule has 0 amide bonds. The largest absolute Gasteiger partial charge is 0.488 e. The summed E-state index contributed by atoms with van der Waals surface area (Å²) in [5.41, 5.74) is 3.63. The molecule has 0 atom stereocenters. The number of piperidine rings is 1. The number of hydrogen-bond donors (Lipinski definition) is 0. The molecule has 1 saturated heterocycles. The molecule has 0 radical (unpaired) electrons. The highest BCUT2D eigenvalue weighted by Crippen LogP contribution is 2.28. The van der Waals surface area contributed by atoms with Crippen LogP contribution < -0.4 is 14.0 Å². The predicted octanol–water partition coefficient (Wildman–Crippen LogP) is 4.20. The SMILES string of the molecule is CCOc1nc2ccc(OCC[N+]3(c4cc(C)c(C)nn4)CCCCC3)cc2o1. The third-order valence-electron chi connectivity index (χ3n) is 5.77. The van der Waals surface area contributed by atoms with Crippen molar-refractivity contribution in [2.45, 2.75) is 40.0 Å². The number of aromatic nitrogens is 3. The van der Waals surface area contributed by atoms with Gasteiger partial charge in [0.15, 0.2) is 5.58 Å². The highest BCUT2D eigenvalue weighted by Gasteiger charge is 2.34. The van der Waals surface area contributed by atoms with E-state index >= 15 is 0 Å². The predicted molar refractivity (Wildman–Crippen MR) is 112 cm³/mol. The van der Waals surface area contributed by atoms with E-state index in [1.54, 1.807) is 0 Å². The number of quaternary nitrogens is 1. The Hall–Kier alpha value is -2.67. The van der Waals surface area contributed by atoms with Gasteiger partial charge in [-0.1, -0.05) is 5.10 Å². The number of rotatable bonds is 7. The van der Waals surface area contributed by atoms with Crippen molar-refractivity contribution in [2.24, 2.45) is 0 Å². The molecule has 154 valence electrons. The molecule has 1 aromatic carbocycles. The average molecular weight is 397 g/mol. The van der Waals surface area contributed by atoms with E-state index in [1.807, 2.05) is 32.0 Å². The molecule has 1 fully saturated rings. The van der Waals surface area contributed by atoms with Gasteiger partial charge in [-0.2, -0.15) is 10.1 Å². The molecule has 7 nitrogen and oxygen atoms in total. The van der Waals surface area contributed by atoms with Crippen LogP contribution in [0.4, 0.5) is 5.82 Å². The van der Waals surface area contributed by atoms with Gasteiger partial charge in [0.05, 0.1) is 25.4 Å². The molecule has 0 unspecified atom stereocenters. The fourth-order valence-corrected chi connectivity index (χ4v) is 3.95. The second-order valence-electron chi connectivity index (χ2n) is 7.74. The lowest BCUT2D eigenvalue weighted by molar-refractivity contribution is 0.179. The number of nitrogens with zero attached hydrogens (tertiary/aromatic N) is 4. The lowest BCUT2D eigenvalue weighted by Crippen LogP contribution is -2.55. The lowest BCUT2D eigenvalue weighted by atomic mass is 10.1. The summed E-state index contributed by atoms with van der Waals surface area (Å²) in [4.78, 5) is 4.30. The van der Waals surface area contributed by atoms with Crippen LogP contribution in [-0.4, -0.2) is 48.0 Å². The fourth-order valence-electron chi connectivity index (χ4n) is 3.95. The van der Waals surface area contributed by atoms with Gasteiger partial charge in [-0.3, -0.25) is 4.48 Å². The maximum absolute atomic E-state index is 6.09. The summed E-state index contributed by atoms with van der Waals surface area (Å²) in [6.45, 7) is 10.2. The molecule has 0 aliphatic carbocycles. The second kappa shape index (κ2) is 8.37. The quantitative estimate of drug-likeness (QED) is 0.557. The zero-order valence-electron chi connectivity index (χ0n) is 17.5. The molecule has 4 rings (SSSR count). The second-order valence-corrected chi connectivity index (χ2v) is 7.74. The molecule has 29 heavy (non-hydrogen) atoms. The molecule has 1 aliphatic heterocycles. The van der Waals surface area contributed by atoms with Crippen molar-refractivity contribution in [3.05, 3.63) is 35.5 Å². The van der Waals surface area contributed by atoms with Crippen molar-refractivity contribution in [1.82, 2.24) is 19.7 Å². The number of benzene rings is 1. The highest BCUT2D eigenvalue weighted by atomic mass is 16.6. The normalized spacial score (nSPS) is 16.1. The van der Waals surface area contributed by atoms with E-state index in [1.165, 1.54) is 24.8 Å². The molecule has 0 bridgehead atoms. The molecule has 0 N–H and O–H groups in total. The van der Waals surface area contributed by atoms with Crippen molar-refractivity contribution in [2.75, 3.05) is 32.8 Å². The maximum Gasteiger partial charge on any atom is 0.394 e. The summed E-state index contributed by atoms with van der Waals surface area (Å²) in [6.07, 6.45) is 3.99. The highest BCUT2D eigenvalue weighted by molar-refractivity contribution is 5.74. The van der Waals surface area contributed by atoms with Crippen LogP contribution in [0.1, 0.15) is 37.4 Å². The summed E-state index contributed by atoms with van der Waals surface area (Å²) in [7, 11) is 0. The topological polar surface area (TPSA) is 70.3 Å². The molecule has 3 heterocycles. The third kappa shape index (κ3) is 4.19. The Morgan fingerprint density at radius 3 is 2.62 bits per heavy atom. The molecule has 0 spiro atoms. The number of hydrogen-bond acceptors (Lipinski definition) is 6. The first-order chi connectivity index (χ1) is 14.1. The number of aryl methyl sites for hydroxylation is 2. The minimum absolute atomic E-state index is 0.297. The Labute approximate surface area is 171 Å². The van der Waals surface area contributed by atoms with E-state index in [-0.39, 0.29) is 0 Å². The van der Waals surface area contributed by atoms with Crippen molar-refractivity contribution in [3.8, 4) is 11.8 Å². The number of oxazole rings is 1. The number of likely N-dealkylation sites (tertiary alicyclic amines) is 1. The van der Waals surface area contributed by atoms with Crippen LogP contribution in [0.25, 0.3) is 11.1 Å². The van der Waals surface area contributed by atoms with Gasteiger partial charge in [-0.25, -0.2) is 0 Å². The van der Waals surface area contributed by atoms with Crippen LogP contribution >= 0.6 is 0 Å². The van der Waals surface area contributed by atoms with Crippen molar-refractivity contribution in [1.29, 1.82) is 0 Å². The van der Waals surface area contributed by atoms with Gasteiger partial charge in [0.25, 0.3) is 0 Å². The minimum Gasteiger partial charge on any atom is -0.488 e. The van der Waals surface area contributed by atoms with Gasteiger partial charge in [0.2, 0.25) is 5.82 Å². The molecule has 3 aromatic rings. The van der Waals surface area contributed by atoms with E-state index in [0.29, 0.717) is 24.9 Å². The van der Waals surface area contributed by atoms with Gasteiger partial charge in [-0.15, -0.1) is 0 Å².